The highest BCUT2D eigenvalue weighted by atomic mass is 32.1. The predicted molar refractivity (Wildman–Crippen MR) is 145 cm³/mol. The highest BCUT2D eigenvalue weighted by Crippen LogP contribution is 2.34. The standard InChI is InChI=1S/C28H33N5O3S/c1-5-36-28(35)21-16-32(25-14-13-23(37-25)22-17-31-15-7-6-8-24(31)29-22)30-26(21)33(18(2)3)27(34)20-11-9-19(4)10-12-20/h6-8,13-20H,5,9-12H2,1-4H3/t19-,20-. The number of carbonyl (C=O) groups excluding carboxylic acids is 2. The summed E-state index contributed by atoms with van der Waals surface area (Å²) in [5, 5.41) is 5.62. The average Bonchev–Trinajstić information content (AvgIpc) is 3.62. The molecule has 0 radical (unpaired) electrons. The number of aromatic nitrogens is 4. The second-order valence-electron chi connectivity index (χ2n) is 10.0. The van der Waals surface area contributed by atoms with Crippen LogP contribution in [0.5, 0.6) is 0 Å². The van der Waals surface area contributed by atoms with Crippen molar-refractivity contribution in [2.24, 2.45) is 11.8 Å². The minimum Gasteiger partial charge on any atom is -0.462 e. The van der Waals surface area contributed by atoms with Gasteiger partial charge >= 0.3 is 5.97 Å². The van der Waals surface area contributed by atoms with Crippen molar-refractivity contribution in [1.82, 2.24) is 19.2 Å². The molecule has 4 aromatic rings. The maximum absolute atomic E-state index is 13.7. The van der Waals surface area contributed by atoms with Crippen LogP contribution < -0.4 is 4.90 Å². The fourth-order valence-electron chi connectivity index (χ4n) is 4.96. The van der Waals surface area contributed by atoms with E-state index in [1.165, 1.54) is 11.3 Å². The van der Waals surface area contributed by atoms with E-state index in [9.17, 15) is 9.59 Å². The summed E-state index contributed by atoms with van der Waals surface area (Å²) in [6.07, 6.45) is 9.46. The van der Waals surface area contributed by atoms with Gasteiger partial charge in [-0.25, -0.2) is 14.5 Å². The molecular weight excluding hydrogens is 486 g/mol. The number of pyridine rings is 1. The molecule has 1 saturated carbocycles. The Morgan fingerprint density at radius 3 is 2.62 bits per heavy atom. The first-order valence-corrected chi connectivity index (χ1v) is 13.8. The van der Waals surface area contributed by atoms with Crippen molar-refractivity contribution < 1.29 is 14.3 Å². The van der Waals surface area contributed by atoms with Crippen molar-refractivity contribution in [2.45, 2.75) is 59.4 Å². The van der Waals surface area contributed by atoms with Crippen LogP contribution in [-0.2, 0) is 9.53 Å². The van der Waals surface area contributed by atoms with Crippen molar-refractivity contribution in [1.29, 1.82) is 0 Å². The van der Waals surface area contributed by atoms with E-state index in [1.54, 1.807) is 22.7 Å². The number of fused-ring (bicyclic) bond motifs is 1. The molecule has 0 spiro atoms. The minimum absolute atomic E-state index is 0.0364. The van der Waals surface area contributed by atoms with Crippen LogP contribution in [0.3, 0.4) is 0 Å². The summed E-state index contributed by atoms with van der Waals surface area (Å²) < 4.78 is 9.02. The van der Waals surface area contributed by atoms with Gasteiger partial charge < -0.3 is 9.14 Å². The SMILES string of the molecule is CCOC(=O)c1cn(-c2ccc(-c3cn4ccccc4n3)s2)nc1N(C(=O)[C@H]1CC[C@H](C)CC1)C(C)C. The lowest BCUT2D eigenvalue weighted by molar-refractivity contribution is -0.124. The summed E-state index contributed by atoms with van der Waals surface area (Å²) in [4.78, 5) is 34.1. The maximum atomic E-state index is 13.7. The molecule has 1 fully saturated rings. The Kier molecular flexibility index (Phi) is 7.15. The van der Waals surface area contributed by atoms with Gasteiger partial charge in [0, 0.05) is 30.6 Å². The Hall–Kier alpha value is -3.46. The number of hydrogen-bond acceptors (Lipinski definition) is 6. The molecule has 4 aromatic heterocycles. The molecule has 5 rings (SSSR count). The van der Waals surface area contributed by atoms with Gasteiger partial charge in [-0.2, -0.15) is 0 Å². The largest absolute Gasteiger partial charge is 0.462 e. The fraction of sp³-hybridized carbons (Fsp3) is 0.429. The van der Waals surface area contributed by atoms with E-state index in [2.05, 4.69) is 6.92 Å². The Morgan fingerprint density at radius 2 is 1.92 bits per heavy atom. The smallest absolute Gasteiger partial charge is 0.343 e. The van der Waals surface area contributed by atoms with E-state index >= 15 is 0 Å². The lowest BCUT2D eigenvalue weighted by Crippen LogP contribution is -2.43. The molecule has 1 amide bonds. The third kappa shape index (κ3) is 5.05. The number of ether oxygens (including phenoxy) is 1. The van der Waals surface area contributed by atoms with Crippen LogP contribution in [0.1, 0.15) is 63.7 Å². The molecule has 0 N–H and O–H groups in total. The first-order chi connectivity index (χ1) is 17.9. The molecule has 1 aliphatic carbocycles. The molecule has 0 saturated heterocycles. The van der Waals surface area contributed by atoms with E-state index < -0.39 is 5.97 Å². The number of esters is 1. The van der Waals surface area contributed by atoms with Crippen LogP contribution in [0, 0.1) is 11.8 Å². The van der Waals surface area contributed by atoms with Gasteiger partial charge in [0.1, 0.15) is 16.2 Å². The lowest BCUT2D eigenvalue weighted by atomic mass is 9.82. The van der Waals surface area contributed by atoms with Crippen LogP contribution in [0.15, 0.2) is 48.9 Å². The molecule has 0 atom stereocenters. The molecule has 1 aliphatic rings. The van der Waals surface area contributed by atoms with Gasteiger partial charge in [-0.05, 0) is 76.6 Å². The topological polar surface area (TPSA) is 81.7 Å². The first kappa shape index (κ1) is 25.2. The monoisotopic (exact) mass is 519 g/mol. The Labute approximate surface area is 220 Å². The molecule has 0 bridgehead atoms. The summed E-state index contributed by atoms with van der Waals surface area (Å²) in [5.41, 5.74) is 2.04. The average molecular weight is 520 g/mol. The number of rotatable bonds is 7. The van der Waals surface area contributed by atoms with Gasteiger partial charge in [-0.1, -0.05) is 13.0 Å². The van der Waals surface area contributed by atoms with E-state index in [1.807, 2.05) is 61.0 Å². The number of imidazole rings is 1. The van der Waals surface area contributed by atoms with Crippen molar-refractivity contribution >= 4 is 34.7 Å². The predicted octanol–water partition coefficient (Wildman–Crippen LogP) is 5.99. The third-order valence-electron chi connectivity index (χ3n) is 6.97. The van der Waals surface area contributed by atoms with Crippen LogP contribution in [0.4, 0.5) is 5.82 Å². The molecule has 8 nitrogen and oxygen atoms in total. The van der Waals surface area contributed by atoms with E-state index in [-0.39, 0.29) is 24.5 Å². The van der Waals surface area contributed by atoms with Gasteiger partial charge in [-0.3, -0.25) is 9.69 Å². The van der Waals surface area contributed by atoms with Gasteiger partial charge in [0.15, 0.2) is 5.82 Å². The number of thiophene rings is 1. The normalized spacial score (nSPS) is 17.9. The lowest BCUT2D eigenvalue weighted by Gasteiger charge is -2.32. The molecule has 9 heteroatoms. The third-order valence-corrected chi connectivity index (χ3v) is 8.07. The number of hydrogen-bond donors (Lipinski definition) is 0. The van der Waals surface area contributed by atoms with Gasteiger partial charge in [0.2, 0.25) is 5.91 Å². The summed E-state index contributed by atoms with van der Waals surface area (Å²) in [7, 11) is 0. The summed E-state index contributed by atoms with van der Waals surface area (Å²) in [6.45, 7) is 8.19. The molecule has 0 aliphatic heterocycles. The number of amides is 1. The molecule has 37 heavy (non-hydrogen) atoms. The molecule has 0 aromatic carbocycles. The van der Waals surface area contributed by atoms with Crippen LogP contribution in [-0.4, -0.2) is 43.7 Å². The zero-order valence-corrected chi connectivity index (χ0v) is 22.6. The summed E-state index contributed by atoms with van der Waals surface area (Å²) >= 11 is 1.53. The van der Waals surface area contributed by atoms with Gasteiger partial charge in [0.05, 0.1) is 17.2 Å². The Morgan fingerprint density at radius 1 is 1.14 bits per heavy atom. The maximum Gasteiger partial charge on any atom is 0.343 e. The first-order valence-electron chi connectivity index (χ1n) is 13.0. The molecular formula is C28H33N5O3S. The zero-order chi connectivity index (χ0) is 26.1. The highest BCUT2D eigenvalue weighted by molar-refractivity contribution is 7.17. The zero-order valence-electron chi connectivity index (χ0n) is 21.8. The van der Waals surface area contributed by atoms with Gasteiger partial charge in [-0.15, -0.1) is 16.4 Å². The Balaban J connectivity index is 1.51. The van der Waals surface area contributed by atoms with Gasteiger partial charge in [0.25, 0.3) is 0 Å². The van der Waals surface area contributed by atoms with Crippen LogP contribution in [0.25, 0.3) is 21.2 Å². The Bertz CT molecular complexity index is 1380. The fourth-order valence-corrected chi connectivity index (χ4v) is 5.84. The minimum atomic E-state index is -0.475. The molecule has 194 valence electrons. The van der Waals surface area contributed by atoms with Crippen molar-refractivity contribution in [3.05, 3.63) is 54.5 Å². The quantitative estimate of drug-likeness (QED) is 0.280. The second kappa shape index (κ2) is 10.5. The number of nitrogens with zero attached hydrogens (tertiary/aromatic N) is 5. The van der Waals surface area contributed by atoms with Crippen molar-refractivity contribution in [2.75, 3.05) is 11.5 Å². The summed E-state index contributed by atoms with van der Waals surface area (Å²) in [5.74, 6) is 0.514. The van der Waals surface area contributed by atoms with E-state index in [0.717, 1.165) is 46.9 Å². The van der Waals surface area contributed by atoms with E-state index in [0.29, 0.717) is 17.3 Å². The molecule has 0 unspecified atom stereocenters. The number of anilines is 1. The highest BCUT2D eigenvalue weighted by Gasteiger charge is 2.34. The van der Waals surface area contributed by atoms with Crippen LogP contribution >= 0.6 is 11.3 Å². The molecule has 4 heterocycles. The summed E-state index contributed by atoms with van der Waals surface area (Å²) in [6, 6.07) is 9.70. The van der Waals surface area contributed by atoms with Crippen LogP contribution in [0.2, 0.25) is 0 Å². The number of carbonyl (C=O) groups is 2. The second-order valence-corrected chi connectivity index (χ2v) is 11.1. The van der Waals surface area contributed by atoms with Crippen molar-refractivity contribution in [3.63, 3.8) is 0 Å². The van der Waals surface area contributed by atoms with Crippen molar-refractivity contribution in [3.8, 4) is 15.6 Å². The van der Waals surface area contributed by atoms with E-state index in [4.69, 9.17) is 14.8 Å².